The van der Waals surface area contributed by atoms with Crippen LogP contribution in [0.2, 0.25) is 5.02 Å². The van der Waals surface area contributed by atoms with Gasteiger partial charge in [0.05, 0.1) is 6.61 Å². The van der Waals surface area contributed by atoms with E-state index in [0.29, 0.717) is 6.61 Å². The lowest BCUT2D eigenvalue weighted by atomic mass is 10.2. The fraction of sp³-hybridized carbons (Fsp3) is 0.368. The predicted molar refractivity (Wildman–Crippen MR) is 96.6 cm³/mol. The molecule has 1 saturated heterocycles. The number of hydrogen-bond donors (Lipinski definition) is 0. The third kappa shape index (κ3) is 4.40. The summed E-state index contributed by atoms with van der Waals surface area (Å²) in [5.74, 6) is 0.942. The molecule has 1 fully saturated rings. The molecule has 1 heterocycles. The molecular weight excluding hydrogens is 308 g/mol. The molecule has 4 heteroatoms. The van der Waals surface area contributed by atoms with Gasteiger partial charge >= 0.3 is 0 Å². The number of rotatable bonds is 5. The standard InChI is InChI=1S/C19H23ClN2O/c1-2-23-19-9-7-18(8-10-19)22-13-11-21(12-14-22)15-16-3-5-17(20)6-4-16/h3-10H,2,11-15H2,1H3. The number of hydrogen-bond acceptors (Lipinski definition) is 3. The Morgan fingerprint density at radius 1 is 0.913 bits per heavy atom. The molecule has 0 bridgehead atoms. The maximum Gasteiger partial charge on any atom is 0.119 e. The Morgan fingerprint density at radius 2 is 1.57 bits per heavy atom. The van der Waals surface area contributed by atoms with Gasteiger partial charge in [0.2, 0.25) is 0 Å². The smallest absolute Gasteiger partial charge is 0.119 e. The van der Waals surface area contributed by atoms with Crippen LogP contribution >= 0.6 is 11.6 Å². The summed E-state index contributed by atoms with van der Waals surface area (Å²) in [6.07, 6.45) is 0. The van der Waals surface area contributed by atoms with Crippen LogP contribution in [0, 0.1) is 0 Å². The van der Waals surface area contributed by atoms with E-state index in [1.807, 2.05) is 19.1 Å². The van der Waals surface area contributed by atoms with Crippen molar-refractivity contribution in [3.8, 4) is 5.75 Å². The zero-order valence-electron chi connectivity index (χ0n) is 13.5. The van der Waals surface area contributed by atoms with E-state index in [4.69, 9.17) is 16.3 Å². The molecular formula is C19H23ClN2O. The minimum Gasteiger partial charge on any atom is -0.494 e. The van der Waals surface area contributed by atoms with Crippen molar-refractivity contribution >= 4 is 17.3 Å². The van der Waals surface area contributed by atoms with Gasteiger partial charge in [0.1, 0.15) is 5.75 Å². The molecule has 23 heavy (non-hydrogen) atoms. The molecule has 2 aromatic carbocycles. The molecule has 0 N–H and O–H groups in total. The van der Waals surface area contributed by atoms with E-state index in [1.165, 1.54) is 11.3 Å². The highest BCUT2D eigenvalue weighted by molar-refractivity contribution is 6.30. The largest absolute Gasteiger partial charge is 0.494 e. The van der Waals surface area contributed by atoms with E-state index >= 15 is 0 Å². The van der Waals surface area contributed by atoms with E-state index in [-0.39, 0.29) is 0 Å². The summed E-state index contributed by atoms with van der Waals surface area (Å²) in [5.41, 5.74) is 2.60. The molecule has 1 aliphatic rings. The highest BCUT2D eigenvalue weighted by atomic mass is 35.5. The quantitative estimate of drug-likeness (QED) is 0.822. The van der Waals surface area contributed by atoms with Crippen molar-refractivity contribution in [2.24, 2.45) is 0 Å². The van der Waals surface area contributed by atoms with Gasteiger partial charge in [-0.1, -0.05) is 23.7 Å². The Bertz CT molecular complexity index is 604. The van der Waals surface area contributed by atoms with Crippen LogP contribution in [-0.2, 0) is 6.54 Å². The number of ether oxygens (including phenoxy) is 1. The minimum absolute atomic E-state index is 0.711. The van der Waals surface area contributed by atoms with E-state index in [1.54, 1.807) is 0 Å². The average Bonchev–Trinajstić information content (AvgIpc) is 2.59. The fourth-order valence-electron chi connectivity index (χ4n) is 2.93. The summed E-state index contributed by atoms with van der Waals surface area (Å²) in [4.78, 5) is 4.93. The summed E-state index contributed by atoms with van der Waals surface area (Å²) >= 11 is 5.94. The van der Waals surface area contributed by atoms with Crippen molar-refractivity contribution in [3.05, 3.63) is 59.1 Å². The number of nitrogens with zero attached hydrogens (tertiary/aromatic N) is 2. The highest BCUT2D eigenvalue weighted by Gasteiger charge is 2.17. The van der Waals surface area contributed by atoms with Crippen LogP contribution in [0.3, 0.4) is 0 Å². The molecule has 2 aromatic rings. The Morgan fingerprint density at radius 3 is 2.17 bits per heavy atom. The van der Waals surface area contributed by atoms with Crippen LogP contribution in [-0.4, -0.2) is 37.7 Å². The Hall–Kier alpha value is -1.71. The zero-order chi connectivity index (χ0) is 16.1. The van der Waals surface area contributed by atoms with Crippen LogP contribution < -0.4 is 9.64 Å². The second-order valence-corrected chi connectivity index (χ2v) is 6.25. The lowest BCUT2D eigenvalue weighted by molar-refractivity contribution is 0.250. The normalized spacial score (nSPS) is 15.7. The molecule has 0 atom stereocenters. The zero-order valence-corrected chi connectivity index (χ0v) is 14.3. The fourth-order valence-corrected chi connectivity index (χ4v) is 3.06. The predicted octanol–water partition coefficient (Wildman–Crippen LogP) is 4.06. The maximum absolute atomic E-state index is 5.94. The van der Waals surface area contributed by atoms with Gasteiger partial charge in [-0.3, -0.25) is 4.90 Å². The summed E-state index contributed by atoms with van der Waals surface area (Å²) < 4.78 is 5.50. The van der Waals surface area contributed by atoms with Crippen LogP contribution in [0.25, 0.3) is 0 Å². The van der Waals surface area contributed by atoms with Crippen molar-refractivity contribution in [3.63, 3.8) is 0 Å². The molecule has 0 aliphatic carbocycles. The van der Waals surface area contributed by atoms with E-state index in [0.717, 1.165) is 43.5 Å². The van der Waals surface area contributed by atoms with E-state index in [9.17, 15) is 0 Å². The topological polar surface area (TPSA) is 15.7 Å². The van der Waals surface area contributed by atoms with Crippen LogP contribution in [0.1, 0.15) is 12.5 Å². The van der Waals surface area contributed by atoms with Gasteiger partial charge in [-0.2, -0.15) is 0 Å². The van der Waals surface area contributed by atoms with Crippen LogP contribution in [0.15, 0.2) is 48.5 Å². The number of anilines is 1. The molecule has 122 valence electrons. The average molecular weight is 331 g/mol. The van der Waals surface area contributed by atoms with Gasteiger partial charge < -0.3 is 9.64 Å². The summed E-state index contributed by atoms with van der Waals surface area (Å²) in [7, 11) is 0. The first kappa shape index (κ1) is 16.2. The van der Waals surface area contributed by atoms with E-state index in [2.05, 4.69) is 46.2 Å². The van der Waals surface area contributed by atoms with Gasteiger partial charge in [-0.25, -0.2) is 0 Å². The third-order valence-electron chi connectivity index (χ3n) is 4.20. The minimum atomic E-state index is 0.711. The molecule has 0 saturated carbocycles. The number of piperazine rings is 1. The third-order valence-corrected chi connectivity index (χ3v) is 4.46. The molecule has 0 unspecified atom stereocenters. The molecule has 3 nitrogen and oxygen atoms in total. The molecule has 1 aliphatic heterocycles. The van der Waals surface area contributed by atoms with Crippen molar-refractivity contribution < 1.29 is 4.74 Å². The molecule has 3 rings (SSSR count). The number of halogens is 1. The maximum atomic E-state index is 5.94. The molecule has 0 amide bonds. The summed E-state index contributed by atoms with van der Waals surface area (Å²) in [6.45, 7) is 7.99. The first-order chi connectivity index (χ1) is 11.2. The highest BCUT2D eigenvalue weighted by Crippen LogP contribution is 2.21. The Labute approximate surface area is 143 Å². The lowest BCUT2D eigenvalue weighted by Gasteiger charge is -2.36. The second kappa shape index (κ2) is 7.71. The van der Waals surface area contributed by atoms with Crippen molar-refractivity contribution in [1.82, 2.24) is 4.90 Å². The van der Waals surface area contributed by atoms with Gasteiger partial charge in [-0.15, -0.1) is 0 Å². The SMILES string of the molecule is CCOc1ccc(N2CCN(Cc3ccc(Cl)cc3)CC2)cc1. The molecule has 0 aromatic heterocycles. The van der Waals surface area contributed by atoms with Gasteiger partial charge in [-0.05, 0) is 48.9 Å². The van der Waals surface area contributed by atoms with Gasteiger partial charge in [0.15, 0.2) is 0 Å². The monoisotopic (exact) mass is 330 g/mol. The van der Waals surface area contributed by atoms with Crippen molar-refractivity contribution in [1.29, 1.82) is 0 Å². The Balaban J connectivity index is 1.52. The molecule has 0 radical (unpaired) electrons. The number of benzene rings is 2. The summed E-state index contributed by atoms with van der Waals surface area (Å²) in [5, 5.41) is 0.800. The second-order valence-electron chi connectivity index (χ2n) is 5.82. The van der Waals surface area contributed by atoms with Crippen LogP contribution in [0.5, 0.6) is 5.75 Å². The summed E-state index contributed by atoms with van der Waals surface area (Å²) in [6, 6.07) is 16.6. The Kier molecular flexibility index (Phi) is 5.42. The van der Waals surface area contributed by atoms with Crippen molar-refractivity contribution in [2.45, 2.75) is 13.5 Å². The van der Waals surface area contributed by atoms with Crippen LogP contribution in [0.4, 0.5) is 5.69 Å². The molecule has 0 spiro atoms. The first-order valence-electron chi connectivity index (χ1n) is 8.19. The van der Waals surface area contributed by atoms with Crippen molar-refractivity contribution in [2.75, 3.05) is 37.7 Å². The lowest BCUT2D eigenvalue weighted by Crippen LogP contribution is -2.45. The van der Waals surface area contributed by atoms with E-state index < -0.39 is 0 Å². The first-order valence-corrected chi connectivity index (χ1v) is 8.57. The van der Waals surface area contributed by atoms with Gasteiger partial charge in [0.25, 0.3) is 0 Å². The van der Waals surface area contributed by atoms with Gasteiger partial charge in [0, 0.05) is 43.4 Å².